The molecule has 0 unspecified atom stereocenters. The van der Waals surface area contributed by atoms with Gasteiger partial charge in [-0.25, -0.2) is 0 Å². The van der Waals surface area contributed by atoms with Crippen molar-refractivity contribution in [2.45, 2.75) is 66.4 Å². The quantitative estimate of drug-likeness (QED) is 0.757. The van der Waals surface area contributed by atoms with Gasteiger partial charge in [0.05, 0.1) is 12.0 Å². The van der Waals surface area contributed by atoms with Gasteiger partial charge >= 0.3 is 0 Å². The van der Waals surface area contributed by atoms with Crippen LogP contribution in [0.1, 0.15) is 60.3 Å². The minimum Gasteiger partial charge on any atom is -0.392 e. The highest BCUT2D eigenvalue weighted by atomic mass is 16.3. The molecule has 2 aliphatic carbocycles. The van der Waals surface area contributed by atoms with Crippen LogP contribution in [0.15, 0.2) is 23.8 Å². The molecule has 0 radical (unpaired) electrons. The van der Waals surface area contributed by atoms with Crippen LogP contribution in [0.4, 0.5) is 0 Å². The molecule has 0 amide bonds. The first-order valence-electron chi connectivity index (χ1n) is 8.75. The molecule has 0 heterocycles. The van der Waals surface area contributed by atoms with Gasteiger partial charge in [-0.15, -0.1) is 0 Å². The first kappa shape index (κ1) is 17.5. The van der Waals surface area contributed by atoms with Crippen molar-refractivity contribution in [1.82, 2.24) is 0 Å². The topological polar surface area (TPSA) is 37.3 Å². The van der Waals surface area contributed by atoms with E-state index >= 15 is 0 Å². The molecule has 2 aliphatic rings. The third-order valence-electron chi connectivity index (χ3n) is 6.07. The molecule has 22 heavy (non-hydrogen) atoms. The molecule has 124 valence electrons. The monoisotopic (exact) mass is 304 g/mol. The van der Waals surface area contributed by atoms with Crippen molar-refractivity contribution in [3.8, 4) is 0 Å². The number of hydrogen-bond donors (Lipinski definition) is 1. The maximum absolute atomic E-state index is 13.0. The highest BCUT2D eigenvalue weighted by Gasteiger charge is 2.59. The van der Waals surface area contributed by atoms with Gasteiger partial charge in [-0.2, -0.15) is 0 Å². The summed E-state index contributed by atoms with van der Waals surface area (Å²) < 4.78 is 0. The average molecular weight is 304 g/mol. The predicted octanol–water partition coefficient (Wildman–Crippen LogP) is 4.54. The van der Waals surface area contributed by atoms with E-state index in [9.17, 15) is 9.90 Å². The van der Waals surface area contributed by atoms with E-state index in [-0.39, 0.29) is 17.6 Å². The van der Waals surface area contributed by atoms with Crippen LogP contribution < -0.4 is 0 Å². The maximum Gasteiger partial charge on any atom is 0.149 e. The molecule has 0 aromatic carbocycles. The number of carbonyl (C=O) groups is 1. The molecule has 1 N–H and O–H groups in total. The normalized spacial score (nSPS) is 35.9. The van der Waals surface area contributed by atoms with Crippen LogP contribution in [-0.2, 0) is 4.79 Å². The molecule has 2 saturated carbocycles. The summed E-state index contributed by atoms with van der Waals surface area (Å²) in [6.07, 6.45) is 5.11. The van der Waals surface area contributed by atoms with Crippen molar-refractivity contribution in [3.05, 3.63) is 23.8 Å². The summed E-state index contributed by atoms with van der Waals surface area (Å²) in [6, 6.07) is 0. The van der Waals surface area contributed by atoms with Crippen LogP contribution >= 0.6 is 0 Å². The molecular weight excluding hydrogens is 272 g/mol. The number of Topliss-reactive ketones (excluding diaryl/α,β-unsaturated/α-hetero) is 1. The average Bonchev–Trinajstić information content (AvgIpc) is 2.54. The van der Waals surface area contributed by atoms with Crippen LogP contribution in [0.5, 0.6) is 0 Å². The first-order valence-corrected chi connectivity index (χ1v) is 8.75. The number of ketones is 1. The van der Waals surface area contributed by atoms with E-state index in [1.807, 2.05) is 6.92 Å². The lowest BCUT2D eigenvalue weighted by atomic mass is 9.65. The third-order valence-corrected chi connectivity index (χ3v) is 6.07. The molecule has 0 aromatic rings. The summed E-state index contributed by atoms with van der Waals surface area (Å²) >= 11 is 0. The number of aliphatic hydroxyl groups excluding tert-OH is 1. The van der Waals surface area contributed by atoms with Gasteiger partial charge in [0.1, 0.15) is 5.78 Å². The van der Waals surface area contributed by atoms with Gasteiger partial charge in [-0.1, -0.05) is 37.6 Å². The standard InChI is InChI=1S/C20H32O2/c1-12(2)8-7-9-16(21)18-17-14(5)20(6,19(18)22)11-10-15(17)13(3)4/h8,13,15-18,21H,5,7,9-11H2,1-4,6H3/t15-,16+,17-,18-,20-/m1/s1. The number of hydrogen-bond acceptors (Lipinski definition) is 2. The Hall–Kier alpha value is -0.890. The van der Waals surface area contributed by atoms with Gasteiger partial charge in [-0.3, -0.25) is 4.79 Å². The van der Waals surface area contributed by atoms with Gasteiger partial charge in [0.15, 0.2) is 0 Å². The van der Waals surface area contributed by atoms with E-state index in [1.54, 1.807) is 0 Å². The van der Waals surface area contributed by atoms with Gasteiger partial charge in [0, 0.05) is 5.41 Å². The summed E-state index contributed by atoms with van der Waals surface area (Å²) in [7, 11) is 0. The van der Waals surface area contributed by atoms with Gasteiger partial charge in [-0.05, 0) is 64.2 Å². The third kappa shape index (κ3) is 2.82. The van der Waals surface area contributed by atoms with Crippen molar-refractivity contribution in [2.24, 2.45) is 29.1 Å². The summed E-state index contributed by atoms with van der Waals surface area (Å²) in [4.78, 5) is 13.0. The lowest BCUT2D eigenvalue weighted by molar-refractivity contribution is -0.131. The summed E-state index contributed by atoms with van der Waals surface area (Å²) in [5.74, 6) is 1.20. The number of fused-ring (bicyclic) bond motifs is 2. The zero-order chi connectivity index (χ0) is 16.7. The molecule has 2 heteroatoms. The second-order valence-electron chi connectivity index (χ2n) is 8.15. The van der Waals surface area contributed by atoms with E-state index in [0.29, 0.717) is 18.3 Å². The molecule has 2 bridgehead atoms. The van der Waals surface area contributed by atoms with Gasteiger partial charge in [0.25, 0.3) is 0 Å². The zero-order valence-electron chi connectivity index (χ0n) is 14.9. The fourth-order valence-corrected chi connectivity index (χ4v) is 4.60. The van der Waals surface area contributed by atoms with Crippen LogP contribution in [0.3, 0.4) is 0 Å². The molecule has 2 nitrogen and oxygen atoms in total. The van der Waals surface area contributed by atoms with E-state index < -0.39 is 11.5 Å². The zero-order valence-corrected chi connectivity index (χ0v) is 14.9. The Morgan fingerprint density at radius 3 is 2.64 bits per heavy atom. The minimum atomic E-state index is -0.536. The SMILES string of the molecule is C=C1[C@H]2[C@@H]([C@@H](O)CCC=C(C)C)C(=O)[C@]1(C)CC[C@@H]2C(C)C. The number of allylic oxidation sites excluding steroid dienone is 3. The van der Waals surface area contributed by atoms with Gasteiger partial charge < -0.3 is 5.11 Å². The Bertz CT molecular complexity index is 484. The van der Waals surface area contributed by atoms with Gasteiger partial charge in [0.2, 0.25) is 0 Å². The lowest BCUT2D eigenvalue weighted by Gasteiger charge is -2.39. The number of carbonyl (C=O) groups excluding carboxylic acids is 1. The largest absolute Gasteiger partial charge is 0.392 e. The van der Waals surface area contributed by atoms with Crippen molar-refractivity contribution in [2.75, 3.05) is 0 Å². The Labute approximate surface area is 135 Å². The Balaban J connectivity index is 2.23. The van der Waals surface area contributed by atoms with Crippen LogP contribution in [0.25, 0.3) is 0 Å². The second-order valence-corrected chi connectivity index (χ2v) is 8.15. The Morgan fingerprint density at radius 1 is 1.45 bits per heavy atom. The molecular formula is C20H32O2. The minimum absolute atomic E-state index is 0.174. The fourth-order valence-electron chi connectivity index (χ4n) is 4.60. The van der Waals surface area contributed by atoms with Crippen LogP contribution in [-0.4, -0.2) is 17.0 Å². The smallest absolute Gasteiger partial charge is 0.149 e. The lowest BCUT2D eigenvalue weighted by Crippen LogP contribution is -2.34. The summed E-state index contributed by atoms with van der Waals surface area (Å²) in [6.45, 7) is 14.9. The molecule has 0 spiro atoms. The molecule has 2 rings (SSSR count). The highest BCUT2D eigenvalue weighted by Crippen LogP contribution is 2.59. The second kappa shape index (κ2) is 6.31. The molecule has 0 aliphatic heterocycles. The number of rotatable bonds is 5. The maximum atomic E-state index is 13.0. The van der Waals surface area contributed by atoms with E-state index in [1.165, 1.54) is 5.57 Å². The molecule has 0 aromatic heterocycles. The van der Waals surface area contributed by atoms with E-state index in [2.05, 4.69) is 40.3 Å². The van der Waals surface area contributed by atoms with E-state index in [0.717, 1.165) is 24.8 Å². The molecule has 0 saturated heterocycles. The summed E-state index contributed by atoms with van der Waals surface area (Å²) in [5, 5.41) is 10.7. The fraction of sp³-hybridized carbons (Fsp3) is 0.750. The Kier molecular flexibility index (Phi) is 5.01. The highest BCUT2D eigenvalue weighted by molar-refractivity contribution is 5.94. The number of aliphatic hydroxyl groups is 1. The van der Waals surface area contributed by atoms with Crippen LogP contribution in [0.2, 0.25) is 0 Å². The van der Waals surface area contributed by atoms with Crippen LogP contribution in [0, 0.1) is 29.1 Å². The van der Waals surface area contributed by atoms with E-state index in [4.69, 9.17) is 0 Å². The van der Waals surface area contributed by atoms with Crippen molar-refractivity contribution in [3.63, 3.8) is 0 Å². The Morgan fingerprint density at radius 2 is 2.09 bits per heavy atom. The molecule has 2 fully saturated rings. The summed E-state index contributed by atoms with van der Waals surface area (Å²) in [5.41, 5.74) is 1.96. The first-order chi connectivity index (χ1) is 10.2. The predicted molar refractivity (Wildman–Crippen MR) is 91.5 cm³/mol. The van der Waals surface area contributed by atoms with Crippen molar-refractivity contribution < 1.29 is 9.90 Å². The van der Waals surface area contributed by atoms with Crippen molar-refractivity contribution in [1.29, 1.82) is 0 Å². The van der Waals surface area contributed by atoms with Crippen molar-refractivity contribution >= 4 is 5.78 Å². The molecule has 5 atom stereocenters.